The highest BCUT2D eigenvalue weighted by Crippen LogP contribution is 2.12. The summed E-state index contributed by atoms with van der Waals surface area (Å²) in [5.41, 5.74) is 0.974. The highest BCUT2D eigenvalue weighted by atomic mass is 32.2. The second-order valence-corrected chi connectivity index (χ2v) is 6.83. The fraction of sp³-hybridized carbons (Fsp3) is 0.643. The van der Waals surface area contributed by atoms with Crippen LogP contribution in [-0.4, -0.2) is 26.0 Å². The van der Waals surface area contributed by atoms with Gasteiger partial charge < -0.3 is 5.32 Å². The molecule has 114 valence electrons. The standard InChI is InChI=1S/C14H25N3O2S/c1-5-13(11(3)4)17-20(18,19)14-8-7-12(10-16-14)9-15-6-2/h7-8,10-11,13,15,17H,5-6,9H2,1-4H3. The van der Waals surface area contributed by atoms with Crippen molar-refractivity contribution in [2.45, 2.75) is 51.7 Å². The van der Waals surface area contributed by atoms with Crippen molar-refractivity contribution in [2.75, 3.05) is 6.54 Å². The van der Waals surface area contributed by atoms with Crippen LogP contribution in [0.3, 0.4) is 0 Å². The maximum atomic E-state index is 12.2. The zero-order valence-electron chi connectivity index (χ0n) is 12.7. The Bertz CT molecular complexity index is 498. The van der Waals surface area contributed by atoms with Crippen LogP contribution < -0.4 is 10.0 Å². The highest BCUT2D eigenvalue weighted by Gasteiger charge is 2.22. The molecule has 2 N–H and O–H groups in total. The van der Waals surface area contributed by atoms with Gasteiger partial charge in [0.05, 0.1) is 0 Å². The van der Waals surface area contributed by atoms with E-state index in [9.17, 15) is 8.42 Å². The number of nitrogens with zero attached hydrogens (tertiary/aromatic N) is 1. The van der Waals surface area contributed by atoms with E-state index >= 15 is 0 Å². The van der Waals surface area contributed by atoms with Crippen LogP contribution in [-0.2, 0) is 16.6 Å². The summed E-state index contributed by atoms with van der Waals surface area (Å²) in [6.45, 7) is 9.56. The van der Waals surface area contributed by atoms with Crippen molar-refractivity contribution in [3.8, 4) is 0 Å². The van der Waals surface area contributed by atoms with Gasteiger partial charge in [0.15, 0.2) is 5.03 Å². The van der Waals surface area contributed by atoms with Crippen molar-refractivity contribution in [3.63, 3.8) is 0 Å². The summed E-state index contributed by atoms with van der Waals surface area (Å²) in [5, 5.41) is 3.25. The van der Waals surface area contributed by atoms with Crippen LogP contribution in [0.1, 0.15) is 39.7 Å². The quantitative estimate of drug-likeness (QED) is 0.769. The van der Waals surface area contributed by atoms with Crippen LogP contribution in [0.5, 0.6) is 0 Å². The molecule has 0 amide bonds. The Morgan fingerprint density at radius 2 is 1.95 bits per heavy atom. The predicted molar refractivity (Wildman–Crippen MR) is 80.9 cm³/mol. The average molecular weight is 299 g/mol. The van der Waals surface area contributed by atoms with Crippen molar-refractivity contribution < 1.29 is 8.42 Å². The fourth-order valence-electron chi connectivity index (χ4n) is 1.89. The van der Waals surface area contributed by atoms with Gasteiger partial charge in [0.2, 0.25) is 0 Å². The molecule has 1 unspecified atom stereocenters. The minimum absolute atomic E-state index is 0.0664. The molecular formula is C14H25N3O2S. The first-order valence-electron chi connectivity index (χ1n) is 7.08. The number of aromatic nitrogens is 1. The maximum absolute atomic E-state index is 12.2. The van der Waals surface area contributed by atoms with Gasteiger partial charge in [-0.15, -0.1) is 0 Å². The first-order chi connectivity index (χ1) is 9.40. The zero-order valence-corrected chi connectivity index (χ0v) is 13.5. The number of hydrogen-bond acceptors (Lipinski definition) is 4. The molecule has 0 fully saturated rings. The van der Waals surface area contributed by atoms with Crippen LogP contribution in [0.15, 0.2) is 23.4 Å². The van der Waals surface area contributed by atoms with E-state index in [1.165, 1.54) is 0 Å². The largest absolute Gasteiger partial charge is 0.313 e. The Labute approximate surface area is 122 Å². The highest BCUT2D eigenvalue weighted by molar-refractivity contribution is 7.89. The minimum Gasteiger partial charge on any atom is -0.313 e. The summed E-state index contributed by atoms with van der Waals surface area (Å²) in [5.74, 6) is 0.253. The molecule has 0 aliphatic heterocycles. The van der Waals surface area contributed by atoms with Crippen LogP contribution in [0, 0.1) is 5.92 Å². The molecule has 1 heterocycles. The van der Waals surface area contributed by atoms with Crippen molar-refractivity contribution in [3.05, 3.63) is 23.9 Å². The van der Waals surface area contributed by atoms with E-state index in [1.807, 2.05) is 27.7 Å². The van der Waals surface area contributed by atoms with Gasteiger partial charge in [-0.1, -0.05) is 33.8 Å². The molecule has 1 aromatic rings. The van der Waals surface area contributed by atoms with E-state index in [4.69, 9.17) is 0 Å². The topological polar surface area (TPSA) is 71.1 Å². The molecule has 0 aliphatic carbocycles. The number of hydrogen-bond donors (Lipinski definition) is 2. The second kappa shape index (κ2) is 7.71. The molecule has 0 spiro atoms. The molecule has 0 radical (unpaired) electrons. The first-order valence-corrected chi connectivity index (χ1v) is 8.57. The Morgan fingerprint density at radius 1 is 1.25 bits per heavy atom. The number of sulfonamides is 1. The molecule has 20 heavy (non-hydrogen) atoms. The third-order valence-electron chi connectivity index (χ3n) is 3.20. The van der Waals surface area contributed by atoms with Crippen LogP contribution >= 0.6 is 0 Å². The van der Waals surface area contributed by atoms with E-state index in [-0.39, 0.29) is 17.0 Å². The molecule has 0 aliphatic rings. The van der Waals surface area contributed by atoms with Gasteiger partial charge in [-0.3, -0.25) is 0 Å². The number of nitrogens with one attached hydrogen (secondary N) is 2. The summed E-state index contributed by atoms with van der Waals surface area (Å²) in [7, 11) is -3.54. The van der Waals surface area contributed by atoms with Gasteiger partial charge in [-0.2, -0.15) is 0 Å². The molecule has 0 aromatic carbocycles. The lowest BCUT2D eigenvalue weighted by Gasteiger charge is -2.20. The molecule has 6 heteroatoms. The van der Waals surface area contributed by atoms with Gasteiger partial charge in [-0.05, 0) is 30.5 Å². The zero-order chi connectivity index (χ0) is 15.2. The van der Waals surface area contributed by atoms with E-state index < -0.39 is 10.0 Å². The first kappa shape index (κ1) is 17.1. The Hall–Kier alpha value is -0.980. The van der Waals surface area contributed by atoms with Crippen LogP contribution in [0.4, 0.5) is 0 Å². The van der Waals surface area contributed by atoms with Crippen molar-refractivity contribution in [2.24, 2.45) is 5.92 Å². The van der Waals surface area contributed by atoms with Gasteiger partial charge >= 0.3 is 0 Å². The molecule has 0 saturated heterocycles. The van der Waals surface area contributed by atoms with Gasteiger partial charge in [-0.25, -0.2) is 18.1 Å². The summed E-state index contributed by atoms with van der Waals surface area (Å²) in [4.78, 5) is 4.06. The molecule has 0 saturated carbocycles. The average Bonchev–Trinajstić information content (AvgIpc) is 2.42. The third kappa shape index (κ3) is 4.85. The molecule has 1 rings (SSSR count). The molecular weight excluding hydrogens is 274 g/mol. The third-order valence-corrected chi connectivity index (χ3v) is 4.61. The van der Waals surface area contributed by atoms with Gasteiger partial charge in [0.1, 0.15) is 0 Å². The molecule has 1 aromatic heterocycles. The fourth-order valence-corrected chi connectivity index (χ4v) is 3.29. The predicted octanol–water partition coefficient (Wildman–Crippen LogP) is 1.90. The molecule has 1 atom stereocenters. The van der Waals surface area contributed by atoms with Crippen LogP contribution in [0.2, 0.25) is 0 Å². The second-order valence-electron chi connectivity index (χ2n) is 5.17. The van der Waals surface area contributed by atoms with Crippen LogP contribution in [0.25, 0.3) is 0 Å². The smallest absolute Gasteiger partial charge is 0.258 e. The van der Waals surface area contributed by atoms with E-state index in [2.05, 4.69) is 15.0 Å². The lowest BCUT2D eigenvalue weighted by Crippen LogP contribution is -2.38. The normalized spacial score (nSPS) is 13.7. The van der Waals surface area contributed by atoms with Crippen molar-refractivity contribution >= 4 is 10.0 Å². The van der Waals surface area contributed by atoms with Gasteiger partial charge in [0.25, 0.3) is 10.0 Å². The molecule has 5 nitrogen and oxygen atoms in total. The van der Waals surface area contributed by atoms with E-state index in [0.29, 0.717) is 6.54 Å². The summed E-state index contributed by atoms with van der Waals surface area (Å²) in [6, 6.07) is 3.28. The Morgan fingerprint density at radius 3 is 2.40 bits per heavy atom. The maximum Gasteiger partial charge on any atom is 0.258 e. The lowest BCUT2D eigenvalue weighted by molar-refractivity contribution is 0.436. The number of rotatable bonds is 8. The lowest BCUT2D eigenvalue weighted by atomic mass is 10.0. The molecule has 0 bridgehead atoms. The Balaban J connectivity index is 2.82. The minimum atomic E-state index is -3.54. The monoisotopic (exact) mass is 299 g/mol. The Kier molecular flexibility index (Phi) is 6.58. The summed E-state index contributed by atoms with van der Waals surface area (Å²) < 4.78 is 27.2. The summed E-state index contributed by atoms with van der Waals surface area (Å²) in [6.07, 6.45) is 2.36. The van der Waals surface area contributed by atoms with E-state index in [1.54, 1.807) is 18.3 Å². The van der Waals surface area contributed by atoms with E-state index in [0.717, 1.165) is 18.5 Å². The summed E-state index contributed by atoms with van der Waals surface area (Å²) >= 11 is 0. The van der Waals surface area contributed by atoms with Crippen molar-refractivity contribution in [1.29, 1.82) is 0 Å². The SMILES string of the molecule is CCNCc1ccc(S(=O)(=O)NC(CC)C(C)C)nc1. The van der Waals surface area contributed by atoms with Gasteiger partial charge in [0, 0.05) is 18.8 Å². The van der Waals surface area contributed by atoms with Crippen molar-refractivity contribution in [1.82, 2.24) is 15.0 Å². The number of pyridine rings is 1.